The van der Waals surface area contributed by atoms with Crippen molar-refractivity contribution >= 4 is 38.4 Å². The van der Waals surface area contributed by atoms with Gasteiger partial charge in [-0.05, 0) is 68.4 Å². The van der Waals surface area contributed by atoms with E-state index < -0.39 is 0 Å². The molecule has 0 N–H and O–H groups in total. The van der Waals surface area contributed by atoms with Crippen molar-refractivity contribution in [2.45, 2.75) is 13.8 Å². The second kappa shape index (κ2) is 5.71. The molecule has 0 radical (unpaired) electrons. The summed E-state index contributed by atoms with van der Waals surface area (Å²) in [5.74, 6) is 0. The molecule has 5 aromatic rings. The standard InChI is InChI=1S/C26H20/c1-3-6-21-17(2)7-4-10-22(21)23-15-13-20-12-11-18-8-5-9-19-14-16-24(23)26(20)25(18)19/h3-16H,1-2H3/b6-3-. The van der Waals surface area contributed by atoms with Crippen LogP contribution < -0.4 is 0 Å². The van der Waals surface area contributed by atoms with Crippen LogP contribution in [0.4, 0.5) is 0 Å². The van der Waals surface area contributed by atoms with E-state index in [0.29, 0.717) is 0 Å². The van der Waals surface area contributed by atoms with Crippen LogP contribution >= 0.6 is 0 Å². The first-order valence-electron chi connectivity index (χ1n) is 9.17. The normalized spacial score (nSPS) is 12.1. The van der Waals surface area contributed by atoms with E-state index in [1.807, 2.05) is 0 Å². The summed E-state index contributed by atoms with van der Waals surface area (Å²) in [7, 11) is 0. The molecule has 0 bridgehead atoms. The van der Waals surface area contributed by atoms with Crippen molar-refractivity contribution in [3.05, 3.63) is 90.0 Å². The molecule has 0 heteroatoms. The van der Waals surface area contributed by atoms with Gasteiger partial charge in [0, 0.05) is 0 Å². The van der Waals surface area contributed by atoms with Gasteiger partial charge in [-0.25, -0.2) is 0 Å². The van der Waals surface area contributed by atoms with Gasteiger partial charge < -0.3 is 0 Å². The molecule has 0 aromatic heterocycles. The third kappa shape index (κ3) is 2.09. The van der Waals surface area contributed by atoms with Crippen molar-refractivity contribution in [2.24, 2.45) is 0 Å². The van der Waals surface area contributed by atoms with Gasteiger partial charge in [-0.3, -0.25) is 0 Å². The van der Waals surface area contributed by atoms with Crippen molar-refractivity contribution in [2.75, 3.05) is 0 Å². The van der Waals surface area contributed by atoms with Crippen LogP contribution in [0.15, 0.2) is 78.9 Å². The SMILES string of the molecule is C/C=C\c1c(C)cccc1-c1ccc2ccc3cccc4ccc1c2c34. The van der Waals surface area contributed by atoms with E-state index in [-0.39, 0.29) is 0 Å². The lowest BCUT2D eigenvalue weighted by molar-refractivity contribution is 1.44. The van der Waals surface area contributed by atoms with Crippen molar-refractivity contribution in [1.29, 1.82) is 0 Å². The molecule has 26 heavy (non-hydrogen) atoms. The summed E-state index contributed by atoms with van der Waals surface area (Å²) in [4.78, 5) is 0. The number of rotatable bonds is 2. The highest BCUT2D eigenvalue weighted by molar-refractivity contribution is 6.25. The zero-order valence-electron chi connectivity index (χ0n) is 15.1. The molecule has 0 unspecified atom stereocenters. The Bertz CT molecular complexity index is 1270. The van der Waals surface area contributed by atoms with Gasteiger partial charge in [0.25, 0.3) is 0 Å². The zero-order valence-corrected chi connectivity index (χ0v) is 15.1. The molecule has 0 aliphatic rings. The Balaban J connectivity index is 1.96. The number of hydrogen-bond donors (Lipinski definition) is 0. The van der Waals surface area contributed by atoms with Crippen molar-refractivity contribution in [1.82, 2.24) is 0 Å². The van der Waals surface area contributed by atoms with Gasteiger partial charge in [0.2, 0.25) is 0 Å². The predicted molar refractivity (Wildman–Crippen MR) is 115 cm³/mol. The Hall–Kier alpha value is -3.12. The summed E-state index contributed by atoms with van der Waals surface area (Å²) >= 11 is 0. The maximum atomic E-state index is 2.29. The molecule has 0 nitrogen and oxygen atoms in total. The minimum absolute atomic E-state index is 1.31. The van der Waals surface area contributed by atoms with E-state index in [1.165, 1.54) is 54.6 Å². The minimum Gasteiger partial charge on any atom is -0.0870 e. The van der Waals surface area contributed by atoms with Gasteiger partial charge in [0.1, 0.15) is 0 Å². The van der Waals surface area contributed by atoms with Crippen LogP contribution in [0.3, 0.4) is 0 Å². The van der Waals surface area contributed by atoms with Gasteiger partial charge in [0.05, 0.1) is 0 Å². The summed E-state index contributed by atoms with van der Waals surface area (Å²) in [5.41, 5.74) is 5.24. The molecule has 124 valence electrons. The highest BCUT2D eigenvalue weighted by Gasteiger charge is 2.13. The third-order valence-corrected chi connectivity index (χ3v) is 5.48. The summed E-state index contributed by atoms with van der Waals surface area (Å²) in [5, 5.41) is 8.04. The summed E-state index contributed by atoms with van der Waals surface area (Å²) in [6.07, 6.45) is 4.35. The van der Waals surface area contributed by atoms with E-state index in [4.69, 9.17) is 0 Å². The first-order chi connectivity index (χ1) is 12.8. The number of aryl methyl sites for hydroxylation is 1. The van der Waals surface area contributed by atoms with E-state index in [1.54, 1.807) is 0 Å². The molecule has 5 rings (SSSR count). The Morgan fingerprint density at radius 3 is 2.04 bits per heavy atom. The number of benzene rings is 5. The molecular weight excluding hydrogens is 312 g/mol. The van der Waals surface area contributed by atoms with Crippen molar-refractivity contribution in [3.8, 4) is 11.1 Å². The quantitative estimate of drug-likeness (QED) is 0.292. The highest BCUT2D eigenvalue weighted by Crippen LogP contribution is 2.40. The molecule has 0 fully saturated rings. The van der Waals surface area contributed by atoms with Crippen LogP contribution in [-0.2, 0) is 0 Å². The first-order valence-corrected chi connectivity index (χ1v) is 9.17. The number of hydrogen-bond acceptors (Lipinski definition) is 0. The molecule has 0 saturated heterocycles. The minimum atomic E-state index is 1.31. The van der Waals surface area contributed by atoms with Gasteiger partial charge >= 0.3 is 0 Å². The second-order valence-electron chi connectivity index (χ2n) is 7.01. The molecule has 0 heterocycles. The van der Waals surface area contributed by atoms with Gasteiger partial charge in [-0.15, -0.1) is 0 Å². The Morgan fingerprint density at radius 1 is 0.615 bits per heavy atom. The van der Waals surface area contributed by atoms with Gasteiger partial charge in [-0.2, -0.15) is 0 Å². The van der Waals surface area contributed by atoms with Crippen LogP contribution in [0.1, 0.15) is 18.1 Å². The maximum absolute atomic E-state index is 2.29. The fourth-order valence-corrected chi connectivity index (χ4v) is 4.27. The van der Waals surface area contributed by atoms with Crippen LogP contribution in [0.25, 0.3) is 49.5 Å². The molecule has 0 spiro atoms. The van der Waals surface area contributed by atoms with Crippen molar-refractivity contribution in [3.63, 3.8) is 0 Å². The summed E-state index contributed by atoms with van der Waals surface area (Å²) < 4.78 is 0. The Kier molecular flexibility index (Phi) is 3.33. The van der Waals surface area contributed by atoms with E-state index in [2.05, 4.69) is 98.8 Å². The molecule has 5 aromatic carbocycles. The van der Waals surface area contributed by atoms with E-state index >= 15 is 0 Å². The average Bonchev–Trinajstić information content (AvgIpc) is 2.68. The fourth-order valence-electron chi connectivity index (χ4n) is 4.27. The molecule has 0 saturated carbocycles. The predicted octanol–water partition coefficient (Wildman–Crippen LogP) is 7.59. The Labute approximate surface area is 153 Å². The number of allylic oxidation sites excluding steroid dienone is 1. The molecule has 0 aliphatic carbocycles. The van der Waals surface area contributed by atoms with E-state index in [9.17, 15) is 0 Å². The average molecular weight is 332 g/mol. The second-order valence-corrected chi connectivity index (χ2v) is 7.01. The zero-order chi connectivity index (χ0) is 17.7. The van der Waals surface area contributed by atoms with E-state index in [0.717, 1.165) is 0 Å². The molecule has 0 aliphatic heterocycles. The smallest absolute Gasteiger partial charge is 0.00206 e. The fraction of sp³-hybridized carbons (Fsp3) is 0.0769. The summed E-state index contributed by atoms with van der Waals surface area (Å²) in [6, 6.07) is 26.8. The van der Waals surface area contributed by atoms with Crippen molar-refractivity contribution < 1.29 is 0 Å². The molecule has 0 amide bonds. The third-order valence-electron chi connectivity index (χ3n) is 5.48. The van der Waals surface area contributed by atoms with Crippen LogP contribution in [0.2, 0.25) is 0 Å². The molecular formula is C26H20. The first kappa shape index (κ1) is 15.2. The largest absolute Gasteiger partial charge is 0.0870 e. The maximum Gasteiger partial charge on any atom is -0.00206 e. The van der Waals surface area contributed by atoms with Crippen LogP contribution in [0, 0.1) is 6.92 Å². The Morgan fingerprint density at radius 2 is 1.27 bits per heavy atom. The van der Waals surface area contributed by atoms with Crippen LogP contribution in [-0.4, -0.2) is 0 Å². The lowest BCUT2D eigenvalue weighted by atomic mass is 9.87. The summed E-state index contributed by atoms with van der Waals surface area (Å²) in [6.45, 7) is 4.27. The van der Waals surface area contributed by atoms with Gasteiger partial charge in [-0.1, -0.05) is 84.9 Å². The lowest BCUT2D eigenvalue weighted by Crippen LogP contribution is -1.91. The van der Waals surface area contributed by atoms with Crippen LogP contribution in [0.5, 0.6) is 0 Å². The topological polar surface area (TPSA) is 0 Å². The highest BCUT2D eigenvalue weighted by atomic mass is 14.2. The van der Waals surface area contributed by atoms with Gasteiger partial charge in [0.15, 0.2) is 0 Å². The monoisotopic (exact) mass is 332 g/mol. The molecule has 0 atom stereocenters. The lowest BCUT2D eigenvalue weighted by Gasteiger charge is -2.16.